The summed E-state index contributed by atoms with van der Waals surface area (Å²) in [6.07, 6.45) is -4.13. The first-order chi connectivity index (χ1) is 20.2. The first-order valence-electron chi connectivity index (χ1n) is 13.0. The number of hydrogen-bond acceptors (Lipinski definition) is 5. The van der Waals surface area contributed by atoms with E-state index in [1.54, 1.807) is 36.4 Å². The maximum atomic E-state index is 13.7. The fraction of sp³-hybridized carbons (Fsp3) is 0.167. The van der Waals surface area contributed by atoms with Crippen molar-refractivity contribution in [3.8, 4) is 0 Å². The predicted molar refractivity (Wildman–Crippen MR) is 159 cm³/mol. The molecule has 0 heterocycles. The van der Waals surface area contributed by atoms with Gasteiger partial charge in [0.1, 0.15) is 6.54 Å². The quantitative estimate of drug-likeness (QED) is 0.216. The van der Waals surface area contributed by atoms with Crippen LogP contribution in [0.4, 0.5) is 30.2 Å². The zero-order chi connectivity index (χ0) is 31.4. The van der Waals surface area contributed by atoms with Gasteiger partial charge in [-0.15, -0.1) is 0 Å². The Hall–Kier alpha value is -4.36. The number of alkyl halides is 3. The van der Waals surface area contributed by atoms with Crippen LogP contribution in [0.1, 0.15) is 23.6 Å². The third-order valence-electron chi connectivity index (χ3n) is 6.43. The van der Waals surface area contributed by atoms with Gasteiger partial charge in [0.05, 0.1) is 21.0 Å². The molecule has 43 heavy (non-hydrogen) atoms. The lowest BCUT2D eigenvalue weighted by Crippen LogP contribution is -2.38. The minimum Gasteiger partial charge on any atom is -0.325 e. The van der Waals surface area contributed by atoms with Crippen molar-refractivity contribution in [2.45, 2.75) is 36.2 Å². The highest BCUT2D eigenvalue weighted by molar-refractivity contribution is 7.93. The van der Waals surface area contributed by atoms with Crippen molar-refractivity contribution in [3.63, 3.8) is 0 Å². The van der Waals surface area contributed by atoms with E-state index in [0.717, 1.165) is 22.0 Å². The van der Waals surface area contributed by atoms with E-state index in [1.807, 2.05) is 13.8 Å². The van der Waals surface area contributed by atoms with Crippen molar-refractivity contribution in [1.82, 2.24) is 0 Å². The van der Waals surface area contributed by atoms with E-state index < -0.39 is 44.2 Å². The van der Waals surface area contributed by atoms with Crippen molar-refractivity contribution in [1.29, 1.82) is 0 Å². The highest BCUT2D eigenvalue weighted by atomic mass is 32.2. The first kappa shape index (κ1) is 31.6. The summed E-state index contributed by atoms with van der Waals surface area (Å²) in [5, 5.41) is 2.58. The summed E-state index contributed by atoms with van der Waals surface area (Å²) in [6.45, 7) is 3.13. The molecule has 0 unspecified atom stereocenters. The molecule has 0 spiro atoms. The maximum absolute atomic E-state index is 13.7. The number of benzene rings is 4. The van der Waals surface area contributed by atoms with E-state index in [9.17, 15) is 34.8 Å². The highest BCUT2D eigenvalue weighted by Crippen LogP contribution is 2.31. The molecule has 0 aliphatic heterocycles. The molecule has 8 nitrogen and oxygen atoms in total. The third kappa shape index (κ3) is 7.54. The van der Waals surface area contributed by atoms with Crippen LogP contribution < -0.4 is 14.3 Å². The maximum Gasteiger partial charge on any atom is 0.416 e. The van der Waals surface area contributed by atoms with Crippen molar-refractivity contribution in [3.05, 3.63) is 114 Å². The fourth-order valence-electron chi connectivity index (χ4n) is 4.21. The van der Waals surface area contributed by atoms with Crippen LogP contribution in [0, 0.1) is 6.92 Å². The number of rotatable bonds is 10. The normalized spacial score (nSPS) is 12.0. The van der Waals surface area contributed by atoms with Gasteiger partial charge in [-0.05, 0) is 79.6 Å². The average Bonchev–Trinajstić information content (AvgIpc) is 2.96. The summed E-state index contributed by atoms with van der Waals surface area (Å²) in [4.78, 5) is 12.9. The van der Waals surface area contributed by atoms with Gasteiger partial charge >= 0.3 is 6.18 Å². The number of aryl methyl sites for hydroxylation is 2. The lowest BCUT2D eigenvalue weighted by Gasteiger charge is -2.26. The number of carbonyl (C=O) groups is 1. The molecule has 0 saturated heterocycles. The van der Waals surface area contributed by atoms with E-state index in [1.165, 1.54) is 42.5 Å². The smallest absolute Gasteiger partial charge is 0.325 e. The predicted octanol–water partition coefficient (Wildman–Crippen LogP) is 6.21. The summed E-state index contributed by atoms with van der Waals surface area (Å²) >= 11 is 0. The number of halogens is 3. The molecule has 4 rings (SSSR count). The van der Waals surface area contributed by atoms with Gasteiger partial charge in [0.25, 0.3) is 20.0 Å². The second-order valence-corrected chi connectivity index (χ2v) is 13.1. The molecule has 0 bridgehead atoms. The number of carbonyl (C=O) groups excluding carboxylic acids is 1. The molecule has 0 radical (unpaired) electrons. The Labute approximate surface area is 248 Å². The van der Waals surface area contributed by atoms with Gasteiger partial charge in [-0.1, -0.05) is 48.9 Å². The zero-order valence-corrected chi connectivity index (χ0v) is 24.7. The standard InChI is InChI=1S/C30H28F3N3O5S2/c1-3-22-7-4-5-10-28(22)36(43(40,41)27-15-11-21(2)12-16-27)20-29(37)34-24-13-17-26(18-14-24)42(38,39)35-25-9-6-8-23(19-25)30(31,32)33/h4-19,35H,3,20H2,1-2H3,(H,34,37). The molecule has 0 aliphatic carbocycles. The number of sulfonamides is 2. The SMILES string of the molecule is CCc1ccccc1N(CC(=O)Nc1ccc(S(=O)(=O)Nc2cccc(C(F)(F)F)c2)cc1)S(=O)(=O)c1ccc(C)cc1. The Bertz CT molecular complexity index is 1830. The monoisotopic (exact) mass is 631 g/mol. The number of hydrogen-bond donors (Lipinski definition) is 2. The van der Waals surface area contributed by atoms with Crippen LogP contribution in [0.25, 0.3) is 0 Å². The second kappa shape index (κ2) is 12.5. The largest absolute Gasteiger partial charge is 0.416 e. The summed E-state index contributed by atoms with van der Waals surface area (Å²) in [7, 11) is -8.40. The molecular formula is C30H28F3N3O5S2. The molecule has 2 N–H and O–H groups in total. The Morgan fingerprint density at radius 2 is 1.42 bits per heavy atom. The van der Waals surface area contributed by atoms with Gasteiger partial charge in [0.15, 0.2) is 0 Å². The average molecular weight is 632 g/mol. The minimum absolute atomic E-state index is 0.0136. The number of nitrogens with one attached hydrogen (secondary N) is 2. The van der Waals surface area contributed by atoms with Crippen LogP contribution in [0.2, 0.25) is 0 Å². The van der Waals surface area contributed by atoms with E-state index >= 15 is 0 Å². The Kier molecular flexibility index (Phi) is 9.16. The fourth-order valence-corrected chi connectivity index (χ4v) is 6.72. The number of anilines is 3. The van der Waals surface area contributed by atoms with E-state index in [0.29, 0.717) is 23.7 Å². The molecule has 4 aromatic carbocycles. The summed E-state index contributed by atoms with van der Waals surface area (Å²) in [6, 6.07) is 21.8. The van der Waals surface area contributed by atoms with Crippen LogP contribution in [0.3, 0.4) is 0 Å². The van der Waals surface area contributed by atoms with Crippen LogP contribution in [0.5, 0.6) is 0 Å². The molecule has 0 saturated carbocycles. The lowest BCUT2D eigenvalue weighted by molar-refractivity contribution is -0.137. The second-order valence-electron chi connectivity index (χ2n) is 9.56. The van der Waals surface area contributed by atoms with E-state index in [4.69, 9.17) is 0 Å². The first-order valence-corrected chi connectivity index (χ1v) is 15.9. The number of amides is 1. The van der Waals surface area contributed by atoms with Crippen LogP contribution in [-0.4, -0.2) is 29.3 Å². The molecule has 1 amide bonds. The van der Waals surface area contributed by atoms with Gasteiger partial charge in [-0.3, -0.25) is 13.8 Å². The van der Waals surface area contributed by atoms with Gasteiger partial charge in [0, 0.05) is 11.4 Å². The van der Waals surface area contributed by atoms with Gasteiger partial charge < -0.3 is 5.32 Å². The summed E-state index contributed by atoms with van der Waals surface area (Å²) < 4.78 is 95.1. The number of nitrogens with zero attached hydrogens (tertiary/aromatic N) is 1. The lowest BCUT2D eigenvalue weighted by atomic mass is 10.1. The zero-order valence-electron chi connectivity index (χ0n) is 23.1. The highest BCUT2D eigenvalue weighted by Gasteiger charge is 2.31. The molecule has 0 aromatic heterocycles. The molecule has 0 fully saturated rings. The van der Waals surface area contributed by atoms with E-state index in [2.05, 4.69) is 10.0 Å². The Morgan fingerprint density at radius 1 is 0.791 bits per heavy atom. The van der Waals surface area contributed by atoms with Crippen LogP contribution in [-0.2, 0) is 37.4 Å². The minimum atomic E-state index is -4.64. The van der Waals surface area contributed by atoms with Crippen molar-refractivity contribution >= 4 is 43.0 Å². The Balaban J connectivity index is 1.54. The molecule has 4 aromatic rings. The molecule has 0 aliphatic rings. The van der Waals surface area contributed by atoms with Gasteiger partial charge in [0.2, 0.25) is 5.91 Å². The summed E-state index contributed by atoms with van der Waals surface area (Å²) in [5.41, 5.74) is 0.837. The van der Waals surface area contributed by atoms with E-state index in [-0.39, 0.29) is 21.2 Å². The van der Waals surface area contributed by atoms with Gasteiger partial charge in [-0.25, -0.2) is 16.8 Å². The summed E-state index contributed by atoms with van der Waals surface area (Å²) in [5.74, 6) is -0.681. The van der Waals surface area contributed by atoms with Crippen LogP contribution >= 0.6 is 0 Å². The molecule has 13 heteroatoms. The third-order valence-corrected chi connectivity index (χ3v) is 9.60. The van der Waals surface area contributed by atoms with Crippen molar-refractivity contribution < 1.29 is 34.8 Å². The van der Waals surface area contributed by atoms with Crippen molar-refractivity contribution in [2.75, 3.05) is 20.9 Å². The topological polar surface area (TPSA) is 113 Å². The molecular weight excluding hydrogens is 603 g/mol. The Morgan fingerprint density at radius 3 is 2.05 bits per heavy atom. The molecule has 226 valence electrons. The van der Waals surface area contributed by atoms with Gasteiger partial charge in [-0.2, -0.15) is 13.2 Å². The van der Waals surface area contributed by atoms with Crippen LogP contribution in [0.15, 0.2) is 107 Å². The van der Waals surface area contributed by atoms with Crippen molar-refractivity contribution in [2.24, 2.45) is 0 Å². The number of para-hydroxylation sites is 1. The molecule has 0 atom stereocenters.